The third kappa shape index (κ3) is 4.51. The van der Waals surface area contributed by atoms with E-state index in [1.54, 1.807) is 0 Å². The molecule has 15 heavy (non-hydrogen) atoms. The Kier molecular flexibility index (Phi) is 5.47. The van der Waals surface area contributed by atoms with Gasteiger partial charge in [-0.25, -0.2) is 0 Å². The Balaban J connectivity index is 2.34. The first-order valence-electron chi connectivity index (χ1n) is 5.97. The average molecular weight is 213 g/mol. The molecule has 1 unspecified atom stereocenters. The van der Waals surface area contributed by atoms with Crippen molar-refractivity contribution in [3.63, 3.8) is 0 Å². The highest BCUT2D eigenvalue weighted by Gasteiger charge is 2.15. The van der Waals surface area contributed by atoms with E-state index in [0.29, 0.717) is 6.04 Å². The number of oxime groups is 1. The first-order chi connectivity index (χ1) is 7.24. The van der Waals surface area contributed by atoms with Crippen molar-refractivity contribution in [1.82, 2.24) is 5.32 Å². The van der Waals surface area contributed by atoms with Crippen LogP contribution in [0.3, 0.4) is 0 Å². The fraction of sp³-hybridized carbons (Fsp3) is 0.909. The van der Waals surface area contributed by atoms with Crippen molar-refractivity contribution >= 4 is 5.84 Å². The number of rotatable bonds is 3. The Labute approximate surface area is 91.9 Å². The molecule has 1 fully saturated rings. The summed E-state index contributed by atoms with van der Waals surface area (Å²) in [6, 6.07) is 0.500. The Morgan fingerprint density at radius 3 is 2.33 bits per heavy atom. The van der Waals surface area contributed by atoms with E-state index in [-0.39, 0.29) is 11.9 Å². The second-order valence-corrected chi connectivity index (χ2v) is 4.46. The Morgan fingerprint density at radius 1 is 1.27 bits per heavy atom. The molecule has 0 heterocycles. The van der Waals surface area contributed by atoms with E-state index in [2.05, 4.69) is 10.5 Å². The van der Waals surface area contributed by atoms with Gasteiger partial charge in [-0.05, 0) is 19.8 Å². The van der Waals surface area contributed by atoms with Crippen molar-refractivity contribution in [1.29, 1.82) is 0 Å². The summed E-state index contributed by atoms with van der Waals surface area (Å²) in [5.74, 6) is 0.275. The predicted octanol–water partition coefficient (Wildman–Crippen LogP) is 1.82. The lowest BCUT2D eigenvalue weighted by atomic mass is 9.96. The van der Waals surface area contributed by atoms with E-state index in [0.717, 1.165) is 0 Å². The molecule has 88 valence electrons. The molecule has 0 aromatic carbocycles. The first-order valence-corrected chi connectivity index (χ1v) is 5.97. The van der Waals surface area contributed by atoms with Gasteiger partial charge in [-0.3, -0.25) is 0 Å². The Morgan fingerprint density at radius 2 is 1.80 bits per heavy atom. The van der Waals surface area contributed by atoms with E-state index in [9.17, 15) is 0 Å². The minimum Gasteiger partial charge on any atom is -0.409 e. The van der Waals surface area contributed by atoms with Gasteiger partial charge in [-0.15, -0.1) is 0 Å². The van der Waals surface area contributed by atoms with Gasteiger partial charge in [0.1, 0.15) is 0 Å². The highest BCUT2D eigenvalue weighted by Crippen LogP contribution is 2.17. The van der Waals surface area contributed by atoms with Crippen molar-refractivity contribution in [2.24, 2.45) is 10.9 Å². The molecule has 1 aliphatic carbocycles. The largest absolute Gasteiger partial charge is 0.409 e. The number of nitrogens with two attached hydrogens (primary N) is 1. The monoisotopic (exact) mass is 213 g/mol. The molecule has 4 heteroatoms. The van der Waals surface area contributed by atoms with Crippen LogP contribution in [0.4, 0.5) is 0 Å². The van der Waals surface area contributed by atoms with Crippen molar-refractivity contribution in [3.8, 4) is 0 Å². The van der Waals surface area contributed by atoms with Gasteiger partial charge in [-0.1, -0.05) is 37.3 Å². The van der Waals surface area contributed by atoms with Crippen LogP contribution in [0.5, 0.6) is 0 Å². The molecule has 1 aliphatic rings. The summed E-state index contributed by atoms with van der Waals surface area (Å²) < 4.78 is 0. The molecule has 0 aromatic heterocycles. The molecule has 1 rings (SSSR count). The standard InChI is InChI=1S/C11H23N3O/c1-9(11(12)14-15)13-10-7-5-3-2-4-6-8-10/h9-10,13,15H,2-8H2,1H3,(H2,12,14). The normalized spacial score (nSPS) is 23.1. The van der Waals surface area contributed by atoms with Crippen LogP contribution < -0.4 is 11.1 Å². The Bertz CT molecular complexity index is 198. The molecule has 0 saturated heterocycles. The van der Waals surface area contributed by atoms with Crippen LogP contribution in [0.2, 0.25) is 0 Å². The van der Waals surface area contributed by atoms with Gasteiger partial charge in [-0.2, -0.15) is 0 Å². The molecule has 0 spiro atoms. The smallest absolute Gasteiger partial charge is 0.156 e. The predicted molar refractivity (Wildman–Crippen MR) is 62.1 cm³/mol. The van der Waals surface area contributed by atoms with Gasteiger partial charge in [0, 0.05) is 6.04 Å². The molecule has 1 saturated carbocycles. The number of hydrogen-bond acceptors (Lipinski definition) is 3. The molecule has 1 atom stereocenters. The lowest BCUT2D eigenvalue weighted by molar-refractivity contribution is 0.312. The van der Waals surface area contributed by atoms with Crippen LogP contribution in [-0.2, 0) is 0 Å². The van der Waals surface area contributed by atoms with Crippen molar-refractivity contribution in [2.75, 3.05) is 0 Å². The van der Waals surface area contributed by atoms with E-state index in [1.165, 1.54) is 44.9 Å². The van der Waals surface area contributed by atoms with E-state index < -0.39 is 0 Å². The highest BCUT2D eigenvalue weighted by atomic mass is 16.4. The minimum atomic E-state index is -0.0283. The number of hydrogen-bond donors (Lipinski definition) is 3. The quantitative estimate of drug-likeness (QED) is 0.290. The van der Waals surface area contributed by atoms with Crippen LogP contribution in [0, 0.1) is 0 Å². The van der Waals surface area contributed by atoms with Gasteiger partial charge >= 0.3 is 0 Å². The van der Waals surface area contributed by atoms with Crippen LogP contribution >= 0.6 is 0 Å². The van der Waals surface area contributed by atoms with Gasteiger partial charge in [0.2, 0.25) is 0 Å². The molecular weight excluding hydrogens is 190 g/mol. The van der Waals surface area contributed by atoms with Gasteiger partial charge < -0.3 is 16.3 Å². The average Bonchev–Trinajstić information content (AvgIpc) is 2.20. The number of nitrogens with zero attached hydrogens (tertiary/aromatic N) is 1. The Hall–Kier alpha value is -0.770. The summed E-state index contributed by atoms with van der Waals surface area (Å²) in [6.07, 6.45) is 9.07. The van der Waals surface area contributed by atoms with Gasteiger partial charge in [0.05, 0.1) is 6.04 Å². The van der Waals surface area contributed by atoms with Crippen molar-refractivity contribution in [3.05, 3.63) is 0 Å². The zero-order chi connectivity index (χ0) is 11.1. The van der Waals surface area contributed by atoms with E-state index in [1.807, 2.05) is 6.92 Å². The third-order valence-electron chi connectivity index (χ3n) is 3.15. The molecule has 0 aromatic rings. The SMILES string of the molecule is CC(NC1CCCCCCC1)C(N)=NO. The second kappa shape index (κ2) is 6.67. The lowest BCUT2D eigenvalue weighted by Crippen LogP contribution is -2.44. The molecule has 0 aliphatic heterocycles. The molecular formula is C11H23N3O. The topological polar surface area (TPSA) is 70.6 Å². The summed E-state index contributed by atoms with van der Waals surface area (Å²) in [7, 11) is 0. The van der Waals surface area contributed by atoms with Gasteiger partial charge in [0.15, 0.2) is 5.84 Å². The molecule has 0 amide bonds. The number of amidine groups is 1. The molecule has 4 N–H and O–H groups in total. The second-order valence-electron chi connectivity index (χ2n) is 4.46. The number of nitrogens with one attached hydrogen (secondary N) is 1. The summed E-state index contributed by atoms with van der Waals surface area (Å²) in [5, 5.41) is 15.0. The summed E-state index contributed by atoms with van der Waals surface area (Å²) in [5.41, 5.74) is 5.54. The summed E-state index contributed by atoms with van der Waals surface area (Å²) >= 11 is 0. The van der Waals surface area contributed by atoms with Crippen LogP contribution in [0.15, 0.2) is 5.16 Å². The van der Waals surface area contributed by atoms with Crippen molar-refractivity contribution in [2.45, 2.75) is 64.0 Å². The van der Waals surface area contributed by atoms with Crippen molar-refractivity contribution < 1.29 is 5.21 Å². The highest BCUT2D eigenvalue weighted by molar-refractivity contribution is 5.84. The third-order valence-corrected chi connectivity index (χ3v) is 3.15. The zero-order valence-corrected chi connectivity index (χ0v) is 9.58. The van der Waals surface area contributed by atoms with Crippen LogP contribution in [0.25, 0.3) is 0 Å². The summed E-state index contributed by atoms with van der Waals surface area (Å²) in [4.78, 5) is 0. The van der Waals surface area contributed by atoms with Gasteiger partial charge in [0.25, 0.3) is 0 Å². The zero-order valence-electron chi connectivity index (χ0n) is 9.58. The lowest BCUT2D eigenvalue weighted by Gasteiger charge is -2.24. The maximum atomic E-state index is 8.56. The van der Waals surface area contributed by atoms with Crippen LogP contribution in [0.1, 0.15) is 51.9 Å². The van der Waals surface area contributed by atoms with Crippen LogP contribution in [-0.4, -0.2) is 23.1 Å². The summed E-state index contributed by atoms with van der Waals surface area (Å²) in [6.45, 7) is 1.94. The molecule has 0 bridgehead atoms. The van der Waals surface area contributed by atoms with E-state index in [4.69, 9.17) is 10.9 Å². The minimum absolute atomic E-state index is 0.0283. The first kappa shape index (κ1) is 12.3. The maximum absolute atomic E-state index is 8.56. The van der Waals surface area contributed by atoms with E-state index >= 15 is 0 Å². The fourth-order valence-corrected chi connectivity index (χ4v) is 2.15. The molecule has 4 nitrogen and oxygen atoms in total. The fourth-order valence-electron chi connectivity index (χ4n) is 2.15. The maximum Gasteiger partial charge on any atom is 0.156 e. The molecule has 0 radical (unpaired) electrons.